The molecule has 0 atom stereocenters. The van der Waals surface area contributed by atoms with Gasteiger partial charge in [0, 0.05) is 24.8 Å². The molecule has 0 bridgehead atoms. The number of nitrogens with one attached hydrogen (secondary N) is 2. The molecule has 0 aliphatic carbocycles. The molecule has 1 fully saturated rings. The maximum absolute atomic E-state index is 12.0. The molecular weight excluding hydrogens is 302 g/mol. The van der Waals surface area contributed by atoms with Gasteiger partial charge in [-0.1, -0.05) is 0 Å². The van der Waals surface area contributed by atoms with Gasteiger partial charge in [-0.05, 0) is 51.1 Å². The van der Waals surface area contributed by atoms with Crippen molar-refractivity contribution in [3.05, 3.63) is 24.3 Å². The van der Waals surface area contributed by atoms with Gasteiger partial charge in [-0.2, -0.15) is 0 Å². The molecule has 1 amide bonds. The van der Waals surface area contributed by atoms with Crippen molar-refractivity contribution in [3.63, 3.8) is 0 Å². The van der Waals surface area contributed by atoms with Gasteiger partial charge >= 0.3 is 0 Å². The molecule has 0 unspecified atom stereocenters. The summed E-state index contributed by atoms with van der Waals surface area (Å²) >= 11 is 0. The fraction of sp³-hybridized carbons (Fsp3) is 0.562. The van der Waals surface area contributed by atoms with Gasteiger partial charge in [0.2, 0.25) is 5.91 Å². The van der Waals surface area contributed by atoms with Crippen LogP contribution in [0.15, 0.2) is 24.3 Å². The number of anilines is 1. The van der Waals surface area contributed by atoms with Gasteiger partial charge < -0.3 is 15.4 Å². The normalized spacial score (nSPS) is 15.9. The van der Waals surface area contributed by atoms with Gasteiger partial charge in [0.1, 0.15) is 5.75 Å². The first-order chi connectivity index (χ1) is 10.2. The summed E-state index contributed by atoms with van der Waals surface area (Å²) in [7, 11) is 2.00. The van der Waals surface area contributed by atoms with Crippen molar-refractivity contribution in [2.45, 2.75) is 25.8 Å². The Morgan fingerprint density at radius 1 is 1.27 bits per heavy atom. The van der Waals surface area contributed by atoms with E-state index in [2.05, 4.69) is 15.5 Å². The first kappa shape index (κ1) is 18.7. The summed E-state index contributed by atoms with van der Waals surface area (Å²) in [5.41, 5.74) is 0.813. The summed E-state index contributed by atoms with van der Waals surface area (Å²) < 4.78 is 5.38. The molecule has 1 aliphatic heterocycles. The highest BCUT2D eigenvalue weighted by Gasteiger charge is 2.19. The van der Waals surface area contributed by atoms with E-state index in [4.69, 9.17) is 4.74 Å². The fourth-order valence-electron chi connectivity index (χ4n) is 2.58. The maximum atomic E-state index is 12.0. The molecular formula is C16H26ClN3O2. The monoisotopic (exact) mass is 327 g/mol. The Kier molecular flexibility index (Phi) is 8.24. The summed E-state index contributed by atoms with van der Waals surface area (Å²) in [4.78, 5) is 14.2. The number of halogens is 1. The second-order valence-corrected chi connectivity index (χ2v) is 5.34. The highest BCUT2D eigenvalue weighted by molar-refractivity contribution is 5.92. The molecule has 0 radical (unpaired) electrons. The number of rotatable bonds is 6. The quantitative estimate of drug-likeness (QED) is 0.840. The van der Waals surface area contributed by atoms with Gasteiger partial charge in [0.15, 0.2) is 0 Å². The standard InChI is InChI=1S/C16H25N3O2.ClH/c1-3-21-15-6-4-14(5-7-15)18-16(20)12-19-10-8-13(17-2)9-11-19;/h4-7,13,17H,3,8-12H2,1-2H3,(H,18,20);1H. The summed E-state index contributed by atoms with van der Waals surface area (Å²) in [5, 5.41) is 6.23. The summed E-state index contributed by atoms with van der Waals surface area (Å²) in [6, 6.07) is 8.08. The van der Waals surface area contributed by atoms with Crippen LogP contribution in [0, 0.1) is 0 Å². The van der Waals surface area contributed by atoms with Crippen LogP contribution >= 0.6 is 12.4 Å². The third-order valence-electron chi connectivity index (χ3n) is 3.81. The summed E-state index contributed by atoms with van der Waals surface area (Å²) in [6.45, 7) is 5.01. The molecule has 124 valence electrons. The first-order valence-corrected chi connectivity index (χ1v) is 7.63. The molecule has 1 aliphatic rings. The molecule has 2 N–H and O–H groups in total. The fourth-order valence-corrected chi connectivity index (χ4v) is 2.58. The Balaban J connectivity index is 0.00000242. The molecule has 22 heavy (non-hydrogen) atoms. The van der Waals surface area contributed by atoms with Crippen LogP contribution in [0.25, 0.3) is 0 Å². The maximum Gasteiger partial charge on any atom is 0.238 e. The topological polar surface area (TPSA) is 53.6 Å². The third kappa shape index (κ3) is 5.83. The van der Waals surface area contributed by atoms with Crippen molar-refractivity contribution in [2.75, 3.05) is 38.6 Å². The number of carbonyl (C=O) groups excluding carboxylic acids is 1. The molecule has 1 heterocycles. The molecule has 0 saturated carbocycles. The van der Waals surface area contributed by atoms with Crippen LogP contribution < -0.4 is 15.4 Å². The number of piperidine rings is 1. The molecule has 6 heteroatoms. The minimum atomic E-state index is 0. The minimum absolute atomic E-state index is 0. The second kappa shape index (κ2) is 9.66. The van der Waals surface area contributed by atoms with E-state index in [0.717, 1.165) is 37.4 Å². The lowest BCUT2D eigenvalue weighted by atomic mass is 10.1. The molecule has 1 saturated heterocycles. The van der Waals surface area contributed by atoms with E-state index in [-0.39, 0.29) is 18.3 Å². The number of carbonyl (C=O) groups is 1. The molecule has 5 nitrogen and oxygen atoms in total. The van der Waals surface area contributed by atoms with Crippen molar-refractivity contribution in [1.29, 1.82) is 0 Å². The minimum Gasteiger partial charge on any atom is -0.494 e. The van der Waals surface area contributed by atoms with Crippen molar-refractivity contribution in [2.24, 2.45) is 0 Å². The van der Waals surface area contributed by atoms with E-state index < -0.39 is 0 Å². The van der Waals surface area contributed by atoms with Crippen molar-refractivity contribution >= 4 is 24.0 Å². The largest absolute Gasteiger partial charge is 0.494 e. The molecule has 2 rings (SSSR count). The number of ether oxygens (including phenoxy) is 1. The van der Waals surface area contributed by atoms with Crippen LogP contribution in [0.4, 0.5) is 5.69 Å². The number of amides is 1. The van der Waals surface area contributed by atoms with Crippen LogP contribution in [-0.2, 0) is 4.79 Å². The Morgan fingerprint density at radius 2 is 1.91 bits per heavy atom. The van der Waals surface area contributed by atoms with Gasteiger partial charge in [0.25, 0.3) is 0 Å². The van der Waals surface area contributed by atoms with Gasteiger partial charge in [-0.3, -0.25) is 9.69 Å². The van der Waals surface area contributed by atoms with Crippen molar-refractivity contribution < 1.29 is 9.53 Å². The highest BCUT2D eigenvalue weighted by atomic mass is 35.5. The number of likely N-dealkylation sites (tertiary alicyclic amines) is 1. The second-order valence-electron chi connectivity index (χ2n) is 5.34. The predicted molar refractivity (Wildman–Crippen MR) is 92.0 cm³/mol. The average molecular weight is 328 g/mol. The number of benzene rings is 1. The molecule has 0 spiro atoms. The Labute approximate surface area is 138 Å². The van der Waals surface area contributed by atoms with E-state index in [0.29, 0.717) is 19.2 Å². The lowest BCUT2D eigenvalue weighted by molar-refractivity contribution is -0.117. The van der Waals surface area contributed by atoms with E-state index >= 15 is 0 Å². The first-order valence-electron chi connectivity index (χ1n) is 7.63. The third-order valence-corrected chi connectivity index (χ3v) is 3.81. The van der Waals surface area contributed by atoms with Gasteiger partial charge in [-0.25, -0.2) is 0 Å². The Morgan fingerprint density at radius 3 is 2.45 bits per heavy atom. The van der Waals surface area contributed by atoms with Crippen molar-refractivity contribution in [3.8, 4) is 5.75 Å². The number of hydrogen-bond donors (Lipinski definition) is 2. The molecule has 0 aromatic heterocycles. The van der Waals surface area contributed by atoms with Crippen LogP contribution in [0.2, 0.25) is 0 Å². The van der Waals surface area contributed by atoms with E-state index in [1.165, 1.54) is 0 Å². The average Bonchev–Trinajstić information content (AvgIpc) is 2.50. The summed E-state index contributed by atoms with van der Waals surface area (Å²) in [6.07, 6.45) is 2.21. The number of nitrogens with zero attached hydrogens (tertiary/aromatic N) is 1. The lowest BCUT2D eigenvalue weighted by Gasteiger charge is -2.31. The zero-order chi connectivity index (χ0) is 15.1. The van der Waals surface area contributed by atoms with Crippen LogP contribution in [0.5, 0.6) is 5.75 Å². The van der Waals surface area contributed by atoms with Gasteiger partial charge in [-0.15, -0.1) is 12.4 Å². The lowest BCUT2D eigenvalue weighted by Crippen LogP contribution is -2.44. The zero-order valence-corrected chi connectivity index (χ0v) is 14.1. The van der Waals surface area contributed by atoms with E-state index in [1.807, 2.05) is 38.2 Å². The van der Waals surface area contributed by atoms with Gasteiger partial charge in [0.05, 0.1) is 13.2 Å². The van der Waals surface area contributed by atoms with Crippen molar-refractivity contribution in [1.82, 2.24) is 10.2 Å². The van der Waals surface area contributed by atoms with Crippen LogP contribution in [-0.4, -0.2) is 50.1 Å². The van der Waals surface area contributed by atoms with E-state index in [9.17, 15) is 4.79 Å². The van der Waals surface area contributed by atoms with Crippen LogP contribution in [0.3, 0.4) is 0 Å². The predicted octanol–water partition coefficient (Wildman–Crippen LogP) is 2.13. The van der Waals surface area contributed by atoms with E-state index in [1.54, 1.807) is 0 Å². The smallest absolute Gasteiger partial charge is 0.238 e. The van der Waals surface area contributed by atoms with Crippen LogP contribution in [0.1, 0.15) is 19.8 Å². The summed E-state index contributed by atoms with van der Waals surface area (Å²) in [5.74, 6) is 0.867. The molecule has 1 aromatic rings. The Hall–Kier alpha value is -1.30. The SMILES string of the molecule is CCOc1ccc(NC(=O)CN2CCC(NC)CC2)cc1.Cl. The number of hydrogen-bond acceptors (Lipinski definition) is 4. The molecule has 1 aromatic carbocycles. The highest BCUT2D eigenvalue weighted by Crippen LogP contribution is 2.16. The Bertz CT molecular complexity index is 445. The zero-order valence-electron chi connectivity index (χ0n) is 13.3.